The van der Waals surface area contributed by atoms with Gasteiger partial charge in [0.25, 0.3) is 0 Å². The van der Waals surface area contributed by atoms with Gasteiger partial charge in [0.15, 0.2) is 0 Å². The molecule has 2 unspecified atom stereocenters. The van der Waals surface area contributed by atoms with Crippen LogP contribution in [0.2, 0.25) is 0 Å². The smallest absolute Gasteiger partial charge is 0.316 e. The SMILES string of the molecule is CC(C)N1C(=O)N(Cc2nccs2)CC12CC1CCC(C2)N1. The first-order chi connectivity index (χ1) is 10.6. The molecule has 3 fully saturated rings. The number of thiazole rings is 1. The summed E-state index contributed by atoms with van der Waals surface area (Å²) in [5.74, 6) is 0. The molecule has 120 valence electrons. The summed E-state index contributed by atoms with van der Waals surface area (Å²) in [6.07, 6.45) is 6.54. The van der Waals surface area contributed by atoms with Crippen molar-refractivity contribution in [2.24, 2.45) is 0 Å². The number of fused-ring (bicyclic) bond motifs is 2. The van der Waals surface area contributed by atoms with Crippen molar-refractivity contribution >= 4 is 17.4 Å². The number of nitrogens with one attached hydrogen (secondary N) is 1. The minimum atomic E-state index is 0.0274. The second-order valence-corrected chi connectivity index (χ2v) is 8.28. The molecule has 2 bridgehead atoms. The molecule has 4 rings (SSSR count). The molecule has 22 heavy (non-hydrogen) atoms. The summed E-state index contributed by atoms with van der Waals surface area (Å²) in [4.78, 5) is 21.5. The molecule has 2 atom stereocenters. The topological polar surface area (TPSA) is 48.5 Å². The minimum absolute atomic E-state index is 0.0274. The molecule has 3 saturated heterocycles. The third kappa shape index (κ3) is 2.24. The molecule has 0 radical (unpaired) electrons. The standard InChI is InChI=1S/C16H24N4OS/c1-11(2)20-15(21)19(9-14-17-5-6-22-14)10-16(20)7-12-3-4-13(8-16)18-12/h5-6,11-13,18H,3-4,7-10H2,1-2H3. The molecule has 3 aliphatic heterocycles. The third-order valence-corrected chi connectivity index (χ3v) is 6.15. The molecule has 0 saturated carbocycles. The molecule has 0 aromatic carbocycles. The summed E-state index contributed by atoms with van der Waals surface area (Å²) in [6.45, 7) is 5.81. The molecule has 1 aromatic rings. The quantitative estimate of drug-likeness (QED) is 0.930. The fraction of sp³-hybridized carbons (Fsp3) is 0.750. The number of hydrogen-bond donors (Lipinski definition) is 1. The van der Waals surface area contributed by atoms with Crippen molar-refractivity contribution in [3.8, 4) is 0 Å². The first-order valence-corrected chi connectivity index (χ1v) is 9.18. The van der Waals surface area contributed by atoms with Crippen molar-refractivity contribution < 1.29 is 4.79 Å². The Morgan fingerprint density at radius 3 is 2.73 bits per heavy atom. The Hall–Kier alpha value is -1.14. The van der Waals surface area contributed by atoms with Gasteiger partial charge in [-0.1, -0.05) is 0 Å². The van der Waals surface area contributed by atoms with E-state index in [9.17, 15) is 4.79 Å². The second kappa shape index (κ2) is 5.20. The molecule has 5 nitrogen and oxygen atoms in total. The van der Waals surface area contributed by atoms with Crippen LogP contribution in [0.5, 0.6) is 0 Å². The van der Waals surface area contributed by atoms with Crippen LogP contribution in [0.25, 0.3) is 0 Å². The number of hydrogen-bond acceptors (Lipinski definition) is 4. The molecule has 0 aliphatic carbocycles. The highest BCUT2D eigenvalue weighted by Crippen LogP contribution is 2.43. The normalized spacial score (nSPS) is 34.4. The maximum atomic E-state index is 13.0. The van der Waals surface area contributed by atoms with E-state index in [1.54, 1.807) is 11.3 Å². The number of piperidine rings is 1. The molecule has 1 N–H and O–H groups in total. The van der Waals surface area contributed by atoms with E-state index in [1.165, 1.54) is 12.8 Å². The van der Waals surface area contributed by atoms with Crippen LogP contribution < -0.4 is 5.32 Å². The van der Waals surface area contributed by atoms with E-state index in [1.807, 2.05) is 16.5 Å². The average molecular weight is 320 g/mol. The van der Waals surface area contributed by atoms with Gasteiger partial charge in [-0.25, -0.2) is 9.78 Å². The largest absolute Gasteiger partial charge is 0.321 e. The predicted molar refractivity (Wildman–Crippen MR) is 86.8 cm³/mol. The van der Waals surface area contributed by atoms with Gasteiger partial charge in [0.2, 0.25) is 0 Å². The lowest BCUT2D eigenvalue weighted by atomic mass is 9.82. The van der Waals surface area contributed by atoms with Crippen molar-refractivity contribution in [2.75, 3.05) is 6.54 Å². The van der Waals surface area contributed by atoms with Crippen molar-refractivity contribution in [1.82, 2.24) is 20.1 Å². The Labute approximate surface area is 135 Å². The predicted octanol–water partition coefficient (Wildman–Crippen LogP) is 2.44. The number of carbonyl (C=O) groups is 1. The van der Waals surface area contributed by atoms with Crippen LogP contribution in [0.15, 0.2) is 11.6 Å². The average Bonchev–Trinajstić information content (AvgIpc) is 3.12. The van der Waals surface area contributed by atoms with Gasteiger partial charge in [-0.3, -0.25) is 0 Å². The molecule has 1 aromatic heterocycles. The van der Waals surface area contributed by atoms with E-state index >= 15 is 0 Å². The van der Waals surface area contributed by atoms with Crippen LogP contribution in [0.3, 0.4) is 0 Å². The second-order valence-electron chi connectivity index (χ2n) is 7.30. The van der Waals surface area contributed by atoms with Crippen LogP contribution in [0, 0.1) is 0 Å². The zero-order valence-corrected chi connectivity index (χ0v) is 14.1. The number of nitrogens with zero attached hydrogens (tertiary/aromatic N) is 3. The molecule has 1 spiro atoms. The van der Waals surface area contributed by atoms with Gasteiger partial charge in [0, 0.05) is 36.2 Å². The Morgan fingerprint density at radius 1 is 1.41 bits per heavy atom. The third-order valence-electron chi connectivity index (χ3n) is 5.39. The summed E-state index contributed by atoms with van der Waals surface area (Å²) >= 11 is 1.63. The molecule has 3 aliphatic rings. The Balaban J connectivity index is 1.61. The van der Waals surface area contributed by atoms with Crippen LogP contribution in [0.4, 0.5) is 4.79 Å². The van der Waals surface area contributed by atoms with Gasteiger partial charge in [-0.15, -0.1) is 11.3 Å². The van der Waals surface area contributed by atoms with Crippen molar-refractivity contribution in [3.05, 3.63) is 16.6 Å². The lowest BCUT2D eigenvalue weighted by Gasteiger charge is -2.45. The summed E-state index contributed by atoms with van der Waals surface area (Å²) in [6, 6.07) is 1.64. The van der Waals surface area contributed by atoms with E-state index in [0.717, 1.165) is 24.4 Å². The molecular weight excluding hydrogens is 296 g/mol. The number of amides is 2. The fourth-order valence-electron chi connectivity index (χ4n) is 4.79. The van der Waals surface area contributed by atoms with Crippen LogP contribution >= 0.6 is 11.3 Å². The van der Waals surface area contributed by atoms with E-state index in [0.29, 0.717) is 18.6 Å². The van der Waals surface area contributed by atoms with Crippen molar-refractivity contribution in [3.63, 3.8) is 0 Å². The first kappa shape index (κ1) is 14.5. The number of urea groups is 1. The number of aromatic nitrogens is 1. The van der Waals surface area contributed by atoms with E-state index < -0.39 is 0 Å². The summed E-state index contributed by atoms with van der Waals surface area (Å²) < 4.78 is 0. The van der Waals surface area contributed by atoms with Gasteiger partial charge in [0.1, 0.15) is 5.01 Å². The zero-order valence-electron chi connectivity index (χ0n) is 13.3. The molecule has 6 heteroatoms. The highest BCUT2D eigenvalue weighted by molar-refractivity contribution is 7.09. The number of carbonyl (C=O) groups excluding carboxylic acids is 1. The van der Waals surface area contributed by atoms with Gasteiger partial charge < -0.3 is 15.1 Å². The lowest BCUT2D eigenvalue weighted by Crippen LogP contribution is -2.59. The van der Waals surface area contributed by atoms with Crippen molar-refractivity contribution in [1.29, 1.82) is 0 Å². The highest BCUT2D eigenvalue weighted by Gasteiger charge is 2.55. The Morgan fingerprint density at radius 2 is 2.14 bits per heavy atom. The zero-order chi connectivity index (χ0) is 15.3. The first-order valence-electron chi connectivity index (χ1n) is 8.30. The van der Waals surface area contributed by atoms with E-state index in [-0.39, 0.29) is 17.6 Å². The van der Waals surface area contributed by atoms with Crippen molar-refractivity contribution in [2.45, 2.75) is 69.7 Å². The van der Waals surface area contributed by atoms with Crippen LogP contribution in [0.1, 0.15) is 44.5 Å². The highest BCUT2D eigenvalue weighted by atomic mass is 32.1. The van der Waals surface area contributed by atoms with Gasteiger partial charge in [-0.2, -0.15) is 0 Å². The Kier molecular flexibility index (Phi) is 3.42. The van der Waals surface area contributed by atoms with Gasteiger partial charge in [-0.05, 0) is 39.5 Å². The van der Waals surface area contributed by atoms with E-state index in [4.69, 9.17) is 0 Å². The molecule has 2 amide bonds. The summed E-state index contributed by atoms with van der Waals surface area (Å²) in [7, 11) is 0. The lowest BCUT2D eigenvalue weighted by molar-refractivity contribution is 0.0827. The molecular formula is C16H24N4OS. The monoisotopic (exact) mass is 320 g/mol. The minimum Gasteiger partial charge on any atom is -0.316 e. The molecule has 4 heterocycles. The summed E-state index contributed by atoms with van der Waals surface area (Å²) in [5, 5.41) is 6.73. The number of rotatable bonds is 3. The fourth-order valence-corrected chi connectivity index (χ4v) is 5.42. The van der Waals surface area contributed by atoms with E-state index in [2.05, 4.69) is 29.0 Å². The summed E-state index contributed by atoms with van der Waals surface area (Å²) in [5.41, 5.74) is 0.0274. The van der Waals surface area contributed by atoms with Gasteiger partial charge in [0.05, 0.1) is 12.1 Å². The van der Waals surface area contributed by atoms with Gasteiger partial charge >= 0.3 is 6.03 Å². The van der Waals surface area contributed by atoms with Crippen LogP contribution in [-0.4, -0.2) is 51.0 Å². The maximum Gasteiger partial charge on any atom is 0.321 e. The maximum absolute atomic E-state index is 13.0. The van der Waals surface area contributed by atoms with Crippen LogP contribution in [-0.2, 0) is 6.54 Å². The Bertz CT molecular complexity index is 547.